The monoisotopic (exact) mass is 213 g/mol. The Balaban J connectivity index is 2.25. The highest BCUT2D eigenvalue weighted by molar-refractivity contribution is 5.79. The van der Waals surface area contributed by atoms with Gasteiger partial charge in [-0.2, -0.15) is 0 Å². The molecule has 15 heavy (non-hydrogen) atoms. The molecule has 1 rings (SSSR count). The van der Waals surface area contributed by atoms with Crippen LogP contribution in [-0.2, 0) is 11.3 Å². The first-order valence-electron chi connectivity index (χ1n) is 4.23. The zero-order valence-electron chi connectivity index (χ0n) is 8.11. The van der Waals surface area contributed by atoms with Crippen LogP contribution in [0.15, 0.2) is 10.6 Å². The predicted molar refractivity (Wildman–Crippen MR) is 49.1 cm³/mol. The van der Waals surface area contributed by atoms with Crippen LogP contribution in [0, 0.1) is 6.92 Å². The summed E-state index contributed by atoms with van der Waals surface area (Å²) in [6, 6.07) is 1.11. The molecule has 0 spiro atoms. The molecule has 0 unspecified atom stereocenters. The van der Waals surface area contributed by atoms with Crippen molar-refractivity contribution in [1.82, 2.24) is 15.8 Å². The summed E-state index contributed by atoms with van der Waals surface area (Å²) < 4.78 is 4.83. The molecule has 0 saturated heterocycles. The molecule has 0 aliphatic rings. The van der Waals surface area contributed by atoms with Crippen molar-refractivity contribution in [1.29, 1.82) is 0 Å². The zero-order chi connectivity index (χ0) is 11.3. The molecule has 0 aliphatic carbocycles. The number of hydrogen-bond acceptors (Lipinski definition) is 4. The molecule has 82 valence electrons. The topological polar surface area (TPSA) is 104 Å². The summed E-state index contributed by atoms with van der Waals surface area (Å²) in [6.07, 6.45) is 0. The smallest absolute Gasteiger partial charge is 0.323 e. The van der Waals surface area contributed by atoms with Crippen LogP contribution in [0.4, 0.5) is 4.79 Å². The van der Waals surface area contributed by atoms with E-state index in [1.807, 2.05) is 0 Å². The number of hydrogen-bond donors (Lipinski definition) is 3. The molecule has 1 aromatic heterocycles. The van der Waals surface area contributed by atoms with E-state index in [9.17, 15) is 9.59 Å². The van der Waals surface area contributed by atoms with Crippen molar-refractivity contribution in [3.05, 3.63) is 17.5 Å². The van der Waals surface area contributed by atoms with E-state index in [0.717, 1.165) is 5.69 Å². The van der Waals surface area contributed by atoms with Gasteiger partial charge in [0.1, 0.15) is 6.54 Å². The van der Waals surface area contributed by atoms with Gasteiger partial charge < -0.3 is 20.3 Å². The fraction of sp³-hybridized carbons (Fsp3) is 0.375. The largest absolute Gasteiger partial charge is 0.480 e. The second-order valence-electron chi connectivity index (χ2n) is 2.86. The first-order valence-corrected chi connectivity index (χ1v) is 4.23. The van der Waals surface area contributed by atoms with Crippen LogP contribution < -0.4 is 10.6 Å². The first kappa shape index (κ1) is 11.0. The number of amides is 2. The molecule has 0 atom stereocenters. The molecule has 3 N–H and O–H groups in total. The van der Waals surface area contributed by atoms with Gasteiger partial charge >= 0.3 is 12.0 Å². The number of carboxylic acids is 1. The average Bonchev–Trinajstić information content (AvgIpc) is 2.58. The highest BCUT2D eigenvalue weighted by atomic mass is 16.5. The van der Waals surface area contributed by atoms with Crippen LogP contribution >= 0.6 is 0 Å². The van der Waals surface area contributed by atoms with Crippen LogP contribution in [0.25, 0.3) is 0 Å². The summed E-state index contributed by atoms with van der Waals surface area (Å²) in [5, 5.41) is 16.5. The zero-order valence-corrected chi connectivity index (χ0v) is 8.11. The Morgan fingerprint density at radius 2 is 2.27 bits per heavy atom. The molecule has 1 heterocycles. The number of carbonyl (C=O) groups is 2. The lowest BCUT2D eigenvalue weighted by Gasteiger charge is -2.02. The minimum Gasteiger partial charge on any atom is -0.480 e. The maximum atomic E-state index is 11.0. The Kier molecular flexibility index (Phi) is 3.67. The minimum atomic E-state index is -1.10. The Labute approximate surface area is 85.4 Å². The quantitative estimate of drug-likeness (QED) is 0.646. The number of rotatable bonds is 4. The maximum Gasteiger partial charge on any atom is 0.323 e. The number of aromatic nitrogens is 1. The average molecular weight is 213 g/mol. The molecule has 0 bridgehead atoms. The van der Waals surface area contributed by atoms with Gasteiger partial charge in [0.05, 0.1) is 12.2 Å². The summed E-state index contributed by atoms with van der Waals surface area (Å²) >= 11 is 0. The van der Waals surface area contributed by atoms with E-state index < -0.39 is 18.5 Å². The SMILES string of the molecule is Cc1cc(CNC(=O)NCC(=O)O)on1. The molecule has 0 fully saturated rings. The number of nitrogens with one attached hydrogen (secondary N) is 2. The summed E-state index contributed by atoms with van der Waals surface area (Å²) in [5.74, 6) is -0.585. The number of aryl methyl sites for hydroxylation is 1. The maximum absolute atomic E-state index is 11.0. The molecular weight excluding hydrogens is 202 g/mol. The van der Waals surface area contributed by atoms with Gasteiger partial charge in [0.15, 0.2) is 5.76 Å². The second kappa shape index (κ2) is 4.99. The summed E-state index contributed by atoms with van der Waals surface area (Å²) in [5.41, 5.74) is 0.720. The Morgan fingerprint density at radius 3 is 2.80 bits per heavy atom. The van der Waals surface area contributed by atoms with E-state index in [-0.39, 0.29) is 6.54 Å². The van der Waals surface area contributed by atoms with Crippen LogP contribution in [0.2, 0.25) is 0 Å². The van der Waals surface area contributed by atoms with E-state index in [4.69, 9.17) is 9.63 Å². The normalized spacial score (nSPS) is 9.67. The molecule has 1 aromatic rings. The molecule has 0 aromatic carbocycles. The fourth-order valence-corrected chi connectivity index (χ4v) is 0.885. The van der Waals surface area contributed by atoms with Gasteiger partial charge in [0.25, 0.3) is 0 Å². The van der Waals surface area contributed by atoms with E-state index in [2.05, 4.69) is 15.8 Å². The van der Waals surface area contributed by atoms with Crippen molar-refractivity contribution in [3.8, 4) is 0 Å². The molecule has 0 radical (unpaired) electrons. The molecular formula is C8H11N3O4. The third-order valence-corrected chi connectivity index (χ3v) is 1.50. The standard InChI is InChI=1S/C8H11N3O4/c1-5-2-6(15-11-5)3-9-8(14)10-4-7(12)13/h2H,3-4H2,1H3,(H,12,13)(H2,9,10,14). The lowest BCUT2D eigenvalue weighted by Crippen LogP contribution is -2.37. The molecule has 0 saturated carbocycles. The Morgan fingerprint density at radius 1 is 1.53 bits per heavy atom. The van der Waals surface area contributed by atoms with Crippen LogP contribution in [0.5, 0.6) is 0 Å². The Bertz CT molecular complexity index is 361. The van der Waals surface area contributed by atoms with Gasteiger partial charge in [-0.3, -0.25) is 4.79 Å². The van der Waals surface area contributed by atoms with Crippen molar-refractivity contribution in [2.75, 3.05) is 6.54 Å². The molecule has 7 heteroatoms. The van der Waals surface area contributed by atoms with Crippen molar-refractivity contribution >= 4 is 12.0 Å². The molecule has 7 nitrogen and oxygen atoms in total. The summed E-state index contributed by atoms with van der Waals surface area (Å²) in [4.78, 5) is 21.1. The van der Waals surface area contributed by atoms with Crippen LogP contribution in [0.1, 0.15) is 11.5 Å². The second-order valence-corrected chi connectivity index (χ2v) is 2.86. The number of carbonyl (C=O) groups excluding carboxylic acids is 1. The van der Waals surface area contributed by atoms with E-state index >= 15 is 0 Å². The van der Waals surface area contributed by atoms with E-state index in [1.54, 1.807) is 13.0 Å². The predicted octanol–water partition coefficient (Wildman–Crippen LogP) is -0.133. The van der Waals surface area contributed by atoms with Crippen molar-refractivity contribution in [2.24, 2.45) is 0 Å². The van der Waals surface area contributed by atoms with Gasteiger partial charge in [-0.05, 0) is 6.92 Å². The first-order chi connectivity index (χ1) is 7.08. The van der Waals surface area contributed by atoms with Gasteiger partial charge in [-0.1, -0.05) is 5.16 Å². The van der Waals surface area contributed by atoms with E-state index in [0.29, 0.717) is 5.76 Å². The van der Waals surface area contributed by atoms with Gasteiger partial charge in [-0.15, -0.1) is 0 Å². The minimum absolute atomic E-state index is 0.173. The third kappa shape index (κ3) is 4.12. The molecule has 0 aliphatic heterocycles. The van der Waals surface area contributed by atoms with Crippen molar-refractivity contribution < 1.29 is 19.2 Å². The number of aliphatic carboxylic acids is 1. The fourth-order valence-electron chi connectivity index (χ4n) is 0.885. The van der Waals surface area contributed by atoms with Crippen molar-refractivity contribution in [3.63, 3.8) is 0 Å². The van der Waals surface area contributed by atoms with Gasteiger partial charge in [0, 0.05) is 6.07 Å². The van der Waals surface area contributed by atoms with E-state index in [1.165, 1.54) is 0 Å². The summed E-state index contributed by atoms with van der Waals surface area (Å²) in [6.45, 7) is 1.52. The van der Waals surface area contributed by atoms with Gasteiger partial charge in [-0.25, -0.2) is 4.79 Å². The summed E-state index contributed by atoms with van der Waals surface area (Å²) in [7, 11) is 0. The number of nitrogens with zero attached hydrogens (tertiary/aromatic N) is 1. The van der Waals surface area contributed by atoms with Crippen LogP contribution in [-0.4, -0.2) is 28.8 Å². The lowest BCUT2D eigenvalue weighted by molar-refractivity contribution is -0.135. The molecule has 2 amide bonds. The number of urea groups is 1. The number of carboxylic acid groups (broad SMARTS) is 1. The van der Waals surface area contributed by atoms with Crippen LogP contribution in [0.3, 0.4) is 0 Å². The third-order valence-electron chi connectivity index (χ3n) is 1.50. The van der Waals surface area contributed by atoms with Crippen molar-refractivity contribution in [2.45, 2.75) is 13.5 Å². The highest BCUT2D eigenvalue weighted by Gasteiger charge is 2.05. The Hall–Kier alpha value is -2.05. The highest BCUT2D eigenvalue weighted by Crippen LogP contribution is 2.00. The lowest BCUT2D eigenvalue weighted by atomic mass is 10.4. The van der Waals surface area contributed by atoms with Gasteiger partial charge in [0.2, 0.25) is 0 Å².